The van der Waals surface area contributed by atoms with E-state index in [1.807, 2.05) is 54.6 Å². The molecule has 0 aromatic heterocycles. The van der Waals surface area contributed by atoms with E-state index in [4.69, 9.17) is 0 Å². The summed E-state index contributed by atoms with van der Waals surface area (Å²) in [4.78, 5) is 17.6. The van der Waals surface area contributed by atoms with Crippen LogP contribution < -0.4 is 0 Å². The highest BCUT2D eigenvalue weighted by Crippen LogP contribution is 2.14. The van der Waals surface area contributed by atoms with Gasteiger partial charge in [-0.2, -0.15) is 0 Å². The Morgan fingerprint density at radius 2 is 1.27 bits per heavy atom. The Balaban J connectivity index is 1.30. The van der Waals surface area contributed by atoms with Gasteiger partial charge in [-0.1, -0.05) is 84.9 Å². The number of allylic oxidation sites excluding steroid dienone is 1. The zero-order valence-electron chi connectivity index (χ0n) is 17.3. The maximum Gasteiger partial charge on any atom is 0.185 e. The summed E-state index contributed by atoms with van der Waals surface area (Å²) in [5.41, 5.74) is 4.36. The molecule has 3 aromatic carbocycles. The van der Waals surface area contributed by atoms with Crippen LogP contribution >= 0.6 is 0 Å². The van der Waals surface area contributed by atoms with E-state index in [-0.39, 0.29) is 5.78 Å². The minimum atomic E-state index is 0.0494. The van der Waals surface area contributed by atoms with Gasteiger partial charge >= 0.3 is 0 Å². The van der Waals surface area contributed by atoms with Crippen molar-refractivity contribution in [2.45, 2.75) is 13.1 Å². The van der Waals surface area contributed by atoms with Crippen LogP contribution in [-0.2, 0) is 13.1 Å². The van der Waals surface area contributed by atoms with Crippen LogP contribution in [-0.4, -0.2) is 41.8 Å². The zero-order chi connectivity index (χ0) is 20.6. The van der Waals surface area contributed by atoms with E-state index < -0.39 is 0 Å². The zero-order valence-corrected chi connectivity index (χ0v) is 17.3. The molecule has 1 aliphatic rings. The first kappa shape index (κ1) is 20.3. The van der Waals surface area contributed by atoms with Gasteiger partial charge in [-0.25, -0.2) is 0 Å². The lowest BCUT2D eigenvalue weighted by Gasteiger charge is -2.34. The normalized spacial score (nSPS) is 15.5. The van der Waals surface area contributed by atoms with Crippen molar-refractivity contribution in [1.29, 1.82) is 0 Å². The maximum absolute atomic E-state index is 12.6. The van der Waals surface area contributed by atoms with Crippen LogP contribution in [0.1, 0.15) is 27.0 Å². The third-order valence-corrected chi connectivity index (χ3v) is 5.56. The summed E-state index contributed by atoms with van der Waals surface area (Å²) in [6.07, 6.45) is 3.54. The van der Waals surface area contributed by atoms with E-state index >= 15 is 0 Å². The molecule has 0 aliphatic carbocycles. The standard InChI is InChI=1S/C27H28N2O/c30-27(15-14-23-8-3-1-4-9-23)26-13-7-12-25(20-26)22-29-18-16-28(17-19-29)21-24-10-5-2-6-11-24/h1-15,20H,16-19,21-22H2/b15-14+. The fourth-order valence-electron chi connectivity index (χ4n) is 3.86. The topological polar surface area (TPSA) is 23.6 Å². The third kappa shape index (κ3) is 5.76. The van der Waals surface area contributed by atoms with Crippen LogP contribution in [0.3, 0.4) is 0 Å². The average Bonchev–Trinajstić information content (AvgIpc) is 2.80. The van der Waals surface area contributed by atoms with E-state index in [2.05, 4.69) is 46.2 Å². The molecule has 0 saturated carbocycles. The third-order valence-electron chi connectivity index (χ3n) is 5.56. The summed E-state index contributed by atoms with van der Waals surface area (Å²) >= 11 is 0. The molecule has 0 atom stereocenters. The van der Waals surface area contributed by atoms with E-state index in [0.29, 0.717) is 0 Å². The lowest BCUT2D eigenvalue weighted by atomic mass is 10.1. The summed E-state index contributed by atoms with van der Waals surface area (Å²) in [5, 5.41) is 0. The molecule has 0 unspecified atom stereocenters. The Labute approximate surface area is 179 Å². The Hall–Kier alpha value is -3.01. The highest BCUT2D eigenvalue weighted by molar-refractivity contribution is 6.06. The molecule has 30 heavy (non-hydrogen) atoms. The van der Waals surface area contributed by atoms with Crippen LogP contribution in [0.2, 0.25) is 0 Å². The van der Waals surface area contributed by atoms with Gasteiger partial charge in [0.25, 0.3) is 0 Å². The predicted octanol–water partition coefficient (Wildman–Crippen LogP) is 4.90. The quantitative estimate of drug-likeness (QED) is 0.419. The molecule has 3 aromatic rings. The highest BCUT2D eigenvalue weighted by atomic mass is 16.1. The number of benzene rings is 3. The van der Waals surface area contributed by atoms with Crippen LogP contribution in [0.25, 0.3) is 6.08 Å². The molecule has 0 radical (unpaired) electrons. The smallest absolute Gasteiger partial charge is 0.185 e. The van der Waals surface area contributed by atoms with Crippen molar-refractivity contribution in [3.8, 4) is 0 Å². The minimum absolute atomic E-state index is 0.0494. The number of hydrogen-bond donors (Lipinski definition) is 0. The van der Waals surface area contributed by atoms with Gasteiger partial charge in [0.05, 0.1) is 0 Å². The monoisotopic (exact) mass is 396 g/mol. The van der Waals surface area contributed by atoms with E-state index in [0.717, 1.165) is 50.4 Å². The Bertz CT molecular complexity index is 974. The second kappa shape index (κ2) is 10.1. The van der Waals surface area contributed by atoms with Crippen molar-refractivity contribution >= 4 is 11.9 Å². The molecule has 3 heteroatoms. The van der Waals surface area contributed by atoms with Crippen molar-refractivity contribution in [2.75, 3.05) is 26.2 Å². The second-order valence-corrected chi connectivity index (χ2v) is 7.85. The van der Waals surface area contributed by atoms with Crippen molar-refractivity contribution in [3.05, 3.63) is 113 Å². The molecule has 1 aliphatic heterocycles. The van der Waals surface area contributed by atoms with Crippen molar-refractivity contribution < 1.29 is 4.79 Å². The number of rotatable bonds is 7. The van der Waals surface area contributed by atoms with Crippen LogP contribution in [0.15, 0.2) is 91.0 Å². The fourth-order valence-corrected chi connectivity index (χ4v) is 3.86. The number of nitrogens with zero attached hydrogens (tertiary/aromatic N) is 2. The van der Waals surface area contributed by atoms with Crippen molar-refractivity contribution in [2.24, 2.45) is 0 Å². The van der Waals surface area contributed by atoms with Crippen molar-refractivity contribution in [3.63, 3.8) is 0 Å². The average molecular weight is 397 g/mol. The lowest BCUT2D eigenvalue weighted by molar-refractivity contribution is 0.104. The maximum atomic E-state index is 12.6. The van der Waals surface area contributed by atoms with E-state index in [1.165, 1.54) is 11.1 Å². The highest BCUT2D eigenvalue weighted by Gasteiger charge is 2.17. The van der Waals surface area contributed by atoms with Crippen LogP contribution in [0, 0.1) is 0 Å². The first-order valence-electron chi connectivity index (χ1n) is 10.6. The van der Waals surface area contributed by atoms with Gasteiger partial charge in [-0.05, 0) is 28.8 Å². The summed E-state index contributed by atoms with van der Waals surface area (Å²) < 4.78 is 0. The van der Waals surface area contributed by atoms with Gasteiger partial charge in [-0.3, -0.25) is 14.6 Å². The second-order valence-electron chi connectivity index (χ2n) is 7.85. The Kier molecular flexibility index (Phi) is 6.86. The molecule has 152 valence electrons. The molecular formula is C27H28N2O. The first-order valence-corrected chi connectivity index (χ1v) is 10.6. The molecule has 1 heterocycles. The minimum Gasteiger partial charge on any atom is -0.297 e. The molecular weight excluding hydrogens is 368 g/mol. The van der Waals surface area contributed by atoms with Crippen LogP contribution in [0.4, 0.5) is 0 Å². The molecule has 3 nitrogen and oxygen atoms in total. The first-order chi connectivity index (χ1) is 14.8. The molecule has 0 N–H and O–H groups in total. The molecule has 0 spiro atoms. The van der Waals surface area contributed by atoms with Gasteiger partial charge in [0.1, 0.15) is 0 Å². The summed E-state index contributed by atoms with van der Waals surface area (Å²) in [6.45, 7) is 6.17. The molecule has 0 amide bonds. The summed E-state index contributed by atoms with van der Waals surface area (Å²) in [6, 6.07) is 28.6. The number of hydrogen-bond acceptors (Lipinski definition) is 3. The number of carbonyl (C=O) groups excluding carboxylic acids is 1. The van der Waals surface area contributed by atoms with Gasteiger partial charge in [0, 0.05) is 44.8 Å². The van der Waals surface area contributed by atoms with E-state index in [9.17, 15) is 4.79 Å². The summed E-state index contributed by atoms with van der Waals surface area (Å²) in [5.74, 6) is 0.0494. The van der Waals surface area contributed by atoms with Crippen molar-refractivity contribution in [1.82, 2.24) is 9.80 Å². The van der Waals surface area contributed by atoms with Gasteiger partial charge in [0.15, 0.2) is 5.78 Å². The van der Waals surface area contributed by atoms with Gasteiger partial charge in [0.2, 0.25) is 0 Å². The van der Waals surface area contributed by atoms with Gasteiger partial charge < -0.3 is 0 Å². The SMILES string of the molecule is O=C(/C=C/c1ccccc1)c1cccc(CN2CCN(Cc3ccccc3)CC2)c1. The predicted molar refractivity (Wildman–Crippen MR) is 123 cm³/mol. The lowest BCUT2D eigenvalue weighted by Crippen LogP contribution is -2.45. The molecule has 4 rings (SSSR count). The number of carbonyl (C=O) groups is 1. The summed E-state index contributed by atoms with van der Waals surface area (Å²) in [7, 11) is 0. The Morgan fingerprint density at radius 3 is 1.93 bits per heavy atom. The number of ketones is 1. The molecule has 1 saturated heterocycles. The molecule has 0 bridgehead atoms. The number of piperazine rings is 1. The van der Waals surface area contributed by atoms with Gasteiger partial charge in [-0.15, -0.1) is 0 Å². The van der Waals surface area contributed by atoms with E-state index in [1.54, 1.807) is 6.08 Å². The largest absolute Gasteiger partial charge is 0.297 e. The molecule has 1 fully saturated rings. The fraction of sp³-hybridized carbons (Fsp3) is 0.222. The van der Waals surface area contributed by atoms with Crippen LogP contribution in [0.5, 0.6) is 0 Å². The Morgan fingerprint density at radius 1 is 0.700 bits per heavy atom.